The van der Waals surface area contributed by atoms with Crippen molar-refractivity contribution in [1.29, 1.82) is 0 Å². The molecule has 10 heteroatoms. The highest BCUT2D eigenvalue weighted by molar-refractivity contribution is 5.61. The van der Waals surface area contributed by atoms with Crippen molar-refractivity contribution in [3.63, 3.8) is 0 Å². The summed E-state index contributed by atoms with van der Waals surface area (Å²) in [6, 6.07) is 5.95. The summed E-state index contributed by atoms with van der Waals surface area (Å²) in [4.78, 5) is 20.6. The summed E-state index contributed by atoms with van der Waals surface area (Å²) in [6.07, 6.45) is -2.22. The third kappa shape index (κ3) is 3.77. The maximum atomic E-state index is 14.1. The van der Waals surface area contributed by atoms with Gasteiger partial charge in [-0.15, -0.1) is 0 Å². The van der Waals surface area contributed by atoms with Gasteiger partial charge in [-0.25, -0.2) is 0 Å². The normalized spacial score (nSPS) is 12.2. The fourth-order valence-electron chi connectivity index (χ4n) is 3.07. The molecule has 0 aliphatic heterocycles. The van der Waals surface area contributed by atoms with Crippen molar-refractivity contribution in [2.75, 3.05) is 5.73 Å². The highest BCUT2D eigenvalue weighted by Gasteiger charge is 2.60. The SMILES string of the molecule is Cc1ccc(Cn2c(-c3cnccn3)cc(C(F)(F)C(F)(F)F)c(N)c2=O)c(C)c1. The molecule has 0 fully saturated rings. The molecule has 0 atom stereocenters. The van der Waals surface area contributed by atoms with E-state index in [1.807, 2.05) is 13.0 Å². The van der Waals surface area contributed by atoms with E-state index in [4.69, 9.17) is 5.73 Å². The number of aromatic nitrogens is 3. The van der Waals surface area contributed by atoms with Crippen molar-refractivity contribution < 1.29 is 22.0 Å². The topological polar surface area (TPSA) is 73.8 Å². The average molecular weight is 424 g/mol. The second-order valence-electron chi connectivity index (χ2n) is 6.84. The highest BCUT2D eigenvalue weighted by atomic mass is 19.4. The van der Waals surface area contributed by atoms with Gasteiger partial charge in [0.15, 0.2) is 0 Å². The predicted molar refractivity (Wildman–Crippen MR) is 101 cm³/mol. The molecule has 0 saturated carbocycles. The van der Waals surface area contributed by atoms with Gasteiger partial charge in [-0.3, -0.25) is 14.8 Å². The summed E-state index contributed by atoms with van der Waals surface area (Å²) in [5.41, 5.74) is 3.69. The molecule has 2 N–H and O–H groups in total. The molecule has 0 saturated heterocycles. The van der Waals surface area contributed by atoms with E-state index in [0.717, 1.165) is 15.7 Å². The Morgan fingerprint density at radius 2 is 1.77 bits per heavy atom. The molecule has 0 spiro atoms. The van der Waals surface area contributed by atoms with Crippen LogP contribution in [0, 0.1) is 13.8 Å². The van der Waals surface area contributed by atoms with Crippen molar-refractivity contribution in [2.45, 2.75) is 32.5 Å². The third-order valence-electron chi connectivity index (χ3n) is 4.68. The Morgan fingerprint density at radius 3 is 2.33 bits per heavy atom. The fourth-order valence-corrected chi connectivity index (χ4v) is 3.07. The Hall–Kier alpha value is -3.30. The number of hydrogen-bond acceptors (Lipinski definition) is 4. The summed E-state index contributed by atoms with van der Waals surface area (Å²) < 4.78 is 68.1. The molecular weight excluding hydrogens is 407 g/mol. The maximum absolute atomic E-state index is 14.1. The molecule has 0 aliphatic carbocycles. The zero-order chi connectivity index (χ0) is 22.3. The lowest BCUT2D eigenvalue weighted by atomic mass is 10.0. The number of aryl methyl sites for hydroxylation is 2. The number of nitrogens with zero attached hydrogens (tertiary/aromatic N) is 3. The molecule has 30 heavy (non-hydrogen) atoms. The van der Waals surface area contributed by atoms with Crippen LogP contribution < -0.4 is 11.3 Å². The van der Waals surface area contributed by atoms with Crippen LogP contribution in [0.15, 0.2) is 47.7 Å². The van der Waals surface area contributed by atoms with Crippen molar-refractivity contribution >= 4 is 5.69 Å². The minimum Gasteiger partial charge on any atom is -0.394 e. The van der Waals surface area contributed by atoms with E-state index in [9.17, 15) is 26.7 Å². The minimum absolute atomic E-state index is 0.0430. The zero-order valence-corrected chi connectivity index (χ0v) is 16.0. The zero-order valence-electron chi connectivity index (χ0n) is 16.0. The summed E-state index contributed by atoms with van der Waals surface area (Å²) in [6.45, 7) is 3.57. The van der Waals surface area contributed by atoms with Gasteiger partial charge in [-0.05, 0) is 31.0 Å². The number of nitrogens with two attached hydrogens (primary N) is 1. The lowest BCUT2D eigenvalue weighted by molar-refractivity contribution is -0.289. The van der Waals surface area contributed by atoms with Crippen LogP contribution in [-0.4, -0.2) is 20.7 Å². The molecule has 1 aromatic carbocycles. The van der Waals surface area contributed by atoms with Crippen molar-refractivity contribution in [3.8, 4) is 11.4 Å². The Kier molecular flexibility index (Phi) is 5.36. The molecule has 2 aromatic heterocycles. The Labute approximate surface area is 168 Å². The lowest BCUT2D eigenvalue weighted by Crippen LogP contribution is -2.37. The van der Waals surface area contributed by atoms with Gasteiger partial charge < -0.3 is 10.3 Å². The first-order valence-corrected chi connectivity index (χ1v) is 8.74. The first-order chi connectivity index (χ1) is 13.9. The number of alkyl halides is 5. The third-order valence-corrected chi connectivity index (χ3v) is 4.68. The molecule has 2 heterocycles. The van der Waals surface area contributed by atoms with Crippen LogP contribution in [0.25, 0.3) is 11.4 Å². The van der Waals surface area contributed by atoms with E-state index < -0.39 is 28.9 Å². The molecular formula is C20H17F5N4O. The largest absolute Gasteiger partial charge is 0.458 e. The average Bonchev–Trinajstić information content (AvgIpc) is 2.67. The standard InChI is InChI=1S/C20H17F5N4O/c1-11-3-4-13(12(2)7-11)10-29-16(15-9-27-5-6-28-15)8-14(17(26)18(29)30)19(21,22)20(23,24)25/h3-9H,10,26H2,1-2H3. The van der Waals surface area contributed by atoms with Crippen LogP contribution in [0.4, 0.5) is 27.6 Å². The van der Waals surface area contributed by atoms with Gasteiger partial charge >= 0.3 is 12.1 Å². The molecule has 0 unspecified atom stereocenters. The van der Waals surface area contributed by atoms with Gasteiger partial charge in [0.05, 0.1) is 24.0 Å². The molecule has 158 valence electrons. The van der Waals surface area contributed by atoms with E-state index in [-0.39, 0.29) is 17.9 Å². The number of anilines is 1. The number of rotatable bonds is 4. The highest BCUT2D eigenvalue weighted by Crippen LogP contribution is 2.46. The van der Waals surface area contributed by atoms with E-state index in [0.29, 0.717) is 11.6 Å². The van der Waals surface area contributed by atoms with Crippen LogP contribution in [0.1, 0.15) is 22.3 Å². The van der Waals surface area contributed by atoms with Gasteiger partial charge in [0.1, 0.15) is 11.4 Å². The van der Waals surface area contributed by atoms with E-state index >= 15 is 0 Å². The van der Waals surface area contributed by atoms with Gasteiger partial charge in [0, 0.05) is 12.4 Å². The van der Waals surface area contributed by atoms with E-state index in [1.165, 1.54) is 18.6 Å². The molecule has 0 aliphatic rings. The Balaban J connectivity index is 2.29. The van der Waals surface area contributed by atoms with Crippen LogP contribution >= 0.6 is 0 Å². The molecule has 0 bridgehead atoms. The monoisotopic (exact) mass is 424 g/mol. The Bertz CT molecular complexity index is 1140. The summed E-state index contributed by atoms with van der Waals surface area (Å²) in [5.74, 6) is -5.31. The predicted octanol–water partition coefficient (Wildman–Crippen LogP) is 4.21. The number of nitrogen functional groups attached to an aromatic ring is 1. The van der Waals surface area contributed by atoms with Crippen LogP contribution in [0.5, 0.6) is 0 Å². The smallest absolute Gasteiger partial charge is 0.394 e. The second kappa shape index (κ2) is 7.51. The number of pyridine rings is 1. The van der Waals surface area contributed by atoms with Crippen LogP contribution in [0.2, 0.25) is 0 Å². The fraction of sp³-hybridized carbons (Fsp3) is 0.250. The first-order valence-electron chi connectivity index (χ1n) is 8.74. The summed E-state index contributed by atoms with van der Waals surface area (Å²) in [7, 11) is 0. The minimum atomic E-state index is -5.92. The van der Waals surface area contributed by atoms with Crippen molar-refractivity contribution in [3.05, 3.63) is 75.5 Å². The van der Waals surface area contributed by atoms with E-state index in [1.54, 1.807) is 19.1 Å². The number of hydrogen-bond donors (Lipinski definition) is 1. The first kappa shape index (κ1) is 21.4. The quantitative estimate of drug-likeness (QED) is 0.637. The van der Waals surface area contributed by atoms with Gasteiger partial charge in [-0.1, -0.05) is 23.8 Å². The molecule has 0 amide bonds. The Morgan fingerprint density at radius 1 is 1.07 bits per heavy atom. The molecule has 3 aromatic rings. The summed E-state index contributed by atoms with van der Waals surface area (Å²) >= 11 is 0. The molecule has 0 radical (unpaired) electrons. The van der Waals surface area contributed by atoms with Crippen molar-refractivity contribution in [1.82, 2.24) is 14.5 Å². The second-order valence-corrected chi connectivity index (χ2v) is 6.84. The maximum Gasteiger partial charge on any atom is 0.458 e. The molecule has 5 nitrogen and oxygen atoms in total. The van der Waals surface area contributed by atoms with Crippen molar-refractivity contribution in [2.24, 2.45) is 0 Å². The van der Waals surface area contributed by atoms with Gasteiger partial charge in [-0.2, -0.15) is 22.0 Å². The van der Waals surface area contributed by atoms with Crippen LogP contribution in [0.3, 0.4) is 0 Å². The summed E-state index contributed by atoms with van der Waals surface area (Å²) in [5, 5.41) is 0. The van der Waals surface area contributed by atoms with Crippen LogP contribution in [-0.2, 0) is 12.5 Å². The number of benzene rings is 1. The van der Waals surface area contributed by atoms with E-state index in [2.05, 4.69) is 9.97 Å². The molecule has 3 rings (SSSR count). The van der Waals surface area contributed by atoms with Gasteiger partial charge in [0.2, 0.25) is 0 Å². The van der Waals surface area contributed by atoms with Gasteiger partial charge in [0.25, 0.3) is 5.56 Å². The lowest BCUT2D eigenvalue weighted by Gasteiger charge is -2.23. The number of halogens is 5.